The molecular formula is C26H37N3O4S. The smallest absolute Gasteiger partial charge is 0.244 e. The number of nitrogens with zero attached hydrogens (tertiary/aromatic N) is 2. The van der Waals surface area contributed by atoms with E-state index in [0.29, 0.717) is 12.1 Å². The summed E-state index contributed by atoms with van der Waals surface area (Å²) >= 11 is 0. The molecule has 1 N–H and O–H groups in total. The minimum atomic E-state index is -3.75. The van der Waals surface area contributed by atoms with E-state index in [9.17, 15) is 18.0 Å². The van der Waals surface area contributed by atoms with Gasteiger partial charge in [-0.25, -0.2) is 8.42 Å². The molecule has 0 spiro atoms. The van der Waals surface area contributed by atoms with Crippen LogP contribution in [0.25, 0.3) is 0 Å². The molecule has 2 amide bonds. The molecule has 0 heterocycles. The van der Waals surface area contributed by atoms with Crippen LogP contribution < -0.4 is 9.62 Å². The topological polar surface area (TPSA) is 86.8 Å². The highest BCUT2D eigenvalue weighted by atomic mass is 32.2. The molecule has 2 aromatic carbocycles. The van der Waals surface area contributed by atoms with Crippen LogP contribution in [0.15, 0.2) is 48.5 Å². The van der Waals surface area contributed by atoms with Crippen LogP contribution in [0, 0.1) is 13.8 Å². The van der Waals surface area contributed by atoms with Crippen molar-refractivity contribution in [1.82, 2.24) is 10.2 Å². The monoisotopic (exact) mass is 487 g/mol. The largest absolute Gasteiger partial charge is 0.352 e. The molecule has 2 atom stereocenters. The van der Waals surface area contributed by atoms with Crippen molar-refractivity contribution in [2.75, 3.05) is 17.1 Å². The van der Waals surface area contributed by atoms with Crippen LogP contribution in [-0.2, 0) is 26.2 Å². The number of carbonyl (C=O) groups excluding carboxylic acids is 2. The number of nitrogens with one attached hydrogen (secondary N) is 1. The second kappa shape index (κ2) is 12.0. The van der Waals surface area contributed by atoms with Crippen LogP contribution in [-0.4, -0.2) is 50.0 Å². The van der Waals surface area contributed by atoms with E-state index >= 15 is 0 Å². The van der Waals surface area contributed by atoms with Crippen molar-refractivity contribution in [3.05, 3.63) is 65.2 Å². The van der Waals surface area contributed by atoms with Gasteiger partial charge in [-0.1, -0.05) is 62.4 Å². The van der Waals surface area contributed by atoms with Crippen LogP contribution >= 0.6 is 0 Å². The molecule has 0 saturated carbocycles. The van der Waals surface area contributed by atoms with Gasteiger partial charge >= 0.3 is 0 Å². The molecule has 0 fully saturated rings. The predicted molar refractivity (Wildman–Crippen MR) is 137 cm³/mol. The van der Waals surface area contributed by atoms with Crippen molar-refractivity contribution in [3.8, 4) is 0 Å². The first-order valence-corrected chi connectivity index (χ1v) is 13.5. The molecule has 0 aliphatic rings. The molecule has 0 saturated heterocycles. The van der Waals surface area contributed by atoms with Gasteiger partial charge in [0, 0.05) is 12.6 Å². The van der Waals surface area contributed by atoms with E-state index in [-0.39, 0.29) is 25.0 Å². The van der Waals surface area contributed by atoms with Crippen LogP contribution in [0.3, 0.4) is 0 Å². The molecular weight excluding hydrogens is 450 g/mol. The highest BCUT2D eigenvalue weighted by Crippen LogP contribution is 2.27. The first-order valence-electron chi connectivity index (χ1n) is 11.7. The van der Waals surface area contributed by atoms with Gasteiger partial charge in [0.05, 0.1) is 11.9 Å². The summed E-state index contributed by atoms with van der Waals surface area (Å²) in [5.74, 6) is -0.665. The van der Waals surface area contributed by atoms with Gasteiger partial charge in [-0.05, 0) is 50.3 Å². The van der Waals surface area contributed by atoms with E-state index in [1.165, 1.54) is 4.90 Å². The van der Waals surface area contributed by atoms with Crippen LogP contribution in [0.5, 0.6) is 0 Å². The van der Waals surface area contributed by atoms with E-state index in [2.05, 4.69) is 5.32 Å². The molecule has 186 valence electrons. The van der Waals surface area contributed by atoms with Gasteiger partial charge in [-0.3, -0.25) is 13.9 Å². The van der Waals surface area contributed by atoms with Gasteiger partial charge in [0.25, 0.3) is 0 Å². The Labute approximate surface area is 204 Å². The maximum absolute atomic E-state index is 13.7. The zero-order valence-electron chi connectivity index (χ0n) is 21.0. The minimum absolute atomic E-state index is 0.0302. The Bertz CT molecular complexity index is 1070. The number of rotatable bonds is 11. The SMILES string of the molecule is CC[C@@H](C)NC(=O)[C@@H](CC)N(Cc1ccccc1)C(=O)CN(c1c(C)cccc1C)S(C)(=O)=O. The third-order valence-electron chi connectivity index (χ3n) is 5.95. The standard InChI is InChI=1S/C26H37N3O4S/c1-7-21(5)27-26(31)23(8-2)28(17-22-15-10-9-11-16-22)24(30)18-29(34(6,32)33)25-19(3)13-12-14-20(25)4/h9-16,21,23H,7-8,17-18H2,1-6H3,(H,27,31)/t21-,23-/m1/s1. The number of hydrogen-bond donors (Lipinski definition) is 1. The second-order valence-electron chi connectivity index (χ2n) is 8.76. The predicted octanol–water partition coefficient (Wildman–Crippen LogP) is 3.79. The Hall–Kier alpha value is -2.87. The van der Waals surface area contributed by atoms with E-state index in [0.717, 1.165) is 33.7 Å². The van der Waals surface area contributed by atoms with Crippen LogP contribution in [0.4, 0.5) is 5.69 Å². The second-order valence-corrected chi connectivity index (χ2v) is 10.7. The highest BCUT2D eigenvalue weighted by Gasteiger charge is 2.32. The van der Waals surface area contributed by atoms with Crippen LogP contribution in [0.2, 0.25) is 0 Å². The molecule has 0 bridgehead atoms. The first-order chi connectivity index (χ1) is 16.0. The van der Waals surface area contributed by atoms with Gasteiger partial charge in [-0.2, -0.15) is 0 Å². The Balaban J connectivity index is 2.47. The summed E-state index contributed by atoms with van der Waals surface area (Å²) in [7, 11) is -3.75. The summed E-state index contributed by atoms with van der Waals surface area (Å²) in [6.07, 6.45) is 2.27. The Morgan fingerprint density at radius 1 is 0.941 bits per heavy atom. The summed E-state index contributed by atoms with van der Waals surface area (Å²) in [6, 6.07) is 14.1. The van der Waals surface area contributed by atoms with Crippen molar-refractivity contribution in [2.45, 2.75) is 66.1 Å². The number of sulfonamides is 1. The number of hydrogen-bond acceptors (Lipinski definition) is 4. The Kier molecular flexibility index (Phi) is 9.67. The molecule has 34 heavy (non-hydrogen) atoms. The van der Waals surface area contributed by atoms with Gasteiger partial charge in [0.2, 0.25) is 21.8 Å². The lowest BCUT2D eigenvalue weighted by molar-refractivity contribution is -0.140. The van der Waals surface area contributed by atoms with Gasteiger partial charge in [0.15, 0.2) is 0 Å². The van der Waals surface area contributed by atoms with Crippen molar-refractivity contribution < 1.29 is 18.0 Å². The number of benzene rings is 2. The minimum Gasteiger partial charge on any atom is -0.352 e. The maximum atomic E-state index is 13.7. The average Bonchev–Trinajstić information content (AvgIpc) is 2.77. The number of para-hydroxylation sites is 1. The van der Waals surface area contributed by atoms with Crippen molar-refractivity contribution >= 4 is 27.5 Å². The summed E-state index contributed by atoms with van der Waals surface area (Å²) < 4.78 is 26.7. The molecule has 0 aliphatic heterocycles. The molecule has 7 nitrogen and oxygen atoms in total. The maximum Gasteiger partial charge on any atom is 0.244 e. The number of aryl methyl sites for hydroxylation is 2. The fourth-order valence-electron chi connectivity index (χ4n) is 3.92. The van der Waals surface area contributed by atoms with Gasteiger partial charge in [0.1, 0.15) is 12.6 Å². The van der Waals surface area contributed by atoms with Crippen molar-refractivity contribution in [1.29, 1.82) is 0 Å². The molecule has 2 rings (SSSR count). The molecule has 2 aromatic rings. The third-order valence-corrected chi connectivity index (χ3v) is 7.06. The summed E-state index contributed by atoms with van der Waals surface area (Å²) in [4.78, 5) is 28.3. The molecule has 0 aromatic heterocycles. The van der Waals surface area contributed by atoms with Crippen LogP contribution in [0.1, 0.15) is 50.3 Å². The number of anilines is 1. The lowest BCUT2D eigenvalue weighted by Crippen LogP contribution is -2.53. The summed E-state index contributed by atoms with van der Waals surface area (Å²) in [5, 5.41) is 2.97. The van der Waals surface area contributed by atoms with Gasteiger partial charge < -0.3 is 10.2 Å². The van der Waals surface area contributed by atoms with Crippen molar-refractivity contribution in [2.24, 2.45) is 0 Å². The molecule has 0 unspecified atom stereocenters. The van der Waals surface area contributed by atoms with Gasteiger partial charge in [-0.15, -0.1) is 0 Å². The normalized spacial score (nSPS) is 13.1. The average molecular weight is 488 g/mol. The lowest BCUT2D eigenvalue weighted by atomic mass is 10.1. The summed E-state index contributed by atoms with van der Waals surface area (Å²) in [6.45, 7) is 9.21. The fraction of sp³-hybridized carbons (Fsp3) is 0.462. The quantitative estimate of drug-likeness (QED) is 0.522. The Morgan fingerprint density at radius 2 is 1.53 bits per heavy atom. The highest BCUT2D eigenvalue weighted by molar-refractivity contribution is 7.92. The van der Waals surface area contributed by atoms with Crippen molar-refractivity contribution in [3.63, 3.8) is 0 Å². The molecule has 0 radical (unpaired) electrons. The zero-order chi connectivity index (χ0) is 25.5. The van der Waals surface area contributed by atoms with E-state index < -0.39 is 22.0 Å². The molecule has 8 heteroatoms. The third kappa shape index (κ3) is 7.06. The lowest BCUT2D eigenvalue weighted by Gasteiger charge is -2.34. The fourth-order valence-corrected chi connectivity index (χ4v) is 4.88. The number of carbonyl (C=O) groups is 2. The number of amides is 2. The van der Waals surface area contributed by atoms with E-state index in [1.54, 1.807) is 0 Å². The first kappa shape index (κ1) is 27.4. The van der Waals surface area contributed by atoms with E-state index in [1.807, 2.05) is 83.1 Å². The zero-order valence-corrected chi connectivity index (χ0v) is 21.9. The molecule has 0 aliphatic carbocycles. The van der Waals surface area contributed by atoms with E-state index in [4.69, 9.17) is 0 Å². The Morgan fingerprint density at radius 3 is 2.03 bits per heavy atom. The summed E-state index contributed by atoms with van der Waals surface area (Å²) in [5.41, 5.74) is 2.88.